The fourth-order valence-electron chi connectivity index (χ4n) is 4.09. The lowest BCUT2D eigenvalue weighted by molar-refractivity contribution is -0.166. The zero-order valence-electron chi connectivity index (χ0n) is 18.6. The van der Waals surface area contributed by atoms with Gasteiger partial charge in [0.05, 0.1) is 13.2 Å². The van der Waals surface area contributed by atoms with Crippen molar-refractivity contribution >= 4 is 11.8 Å². The SMILES string of the molecule is CNC(=O)C1(Cc2ccccc2-c2cccnc2)CN(C(=O)COc2ccccc2)CCO1. The van der Waals surface area contributed by atoms with Gasteiger partial charge >= 0.3 is 0 Å². The van der Waals surface area contributed by atoms with Crippen LogP contribution in [0.2, 0.25) is 0 Å². The molecule has 0 spiro atoms. The number of aromatic nitrogens is 1. The quantitative estimate of drug-likeness (QED) is 0.605. The molecule has 1 atom stereocenters. The first-order chi connectivity index (χ1) is 16.1. The molecule has 2 heterocycles. The van der Waals surface area contributed by atoms with Crippen LogP contribution in [0.15, 0.2) is 79.1 Å². The second kappa shape index (κ2) is 10.3. The van der Waals surface area contributed by atoms with Gasteiger partial charge in [0.1, 0.15) is 5.75 Å². The minimum absolute atomic E-state index is 0.0971. The Morgan fingerprint density at radius 2 is 1.88 bits per heavy atom. The molecule has 1 aliphatic rings. The third-order valence-corrected chi connectivity index (χ3v) is 5.75. The van der Waals surface area contributed by atoms with Gasteiger partial charge in [-0.3, -0.25) is 14.6 Å². The summed E-state index contributed by atoms with van der Waals surface area (Å²) < 4.78 is 11.7. The Morgan fingerprint density at radius 3 is 2.64 bits per heavy atom. The Labute approximate surface area is 193 Å². The molecule has 0 saturated carbocycles. The van der Waals surface area contributed by atoms with Crippen molar-refractivity contribution in [1.29, 1.82) is 0 Å². The number of hydrogen-bond donors (Lipinski definition) is 1. The monoisotopic (exact) mass is 445 g/mol. The maximum atomic E-state index is 13.1. The maximum Gasteiger partial charge on any atom is 0.260 e. The van der Waals surface area contributed by atoms with E-state index in [4.69, 9.17) is 9.47 Å². The second-order valence-corrected chi connectivity index (χ2v) is 7.91. The number of morpholine rings is 1. The van der Waals surface area contributed by atoms with Gasteiger partial charge in [0.25, 0.3) is 11.8 Å². The fourth-order valence-corrected chi connectivity index (χ4v) is 4.09. The van der Waals surface area contributed by atoms with Crippen LogP contribution >= 0.6 is 0 Å². The van der Waals surface area contributed by atoms with Crippen molar-refractivity contribution in [2.24, 2.45) is 0 Å². The molecular weight excluding hydrogens is 418 g/mol. The number of carbonyl (C=O) groups is 2. The van der Waals surface area contributed by atoms with Crippen LogP contribution in [-0.2, 0) is 20.7 Å². The summed E-state index contributed by atoms with van der Waals surface area (Å²) in [6.07, 6.45) is 3.84. The van der Waals surface area contributed by atoms with Crippen molar-refractivity contribution in [2.45, 2.75) is 12.0 Å². The summed E-state index contributed by atoms with van der Waals surface area (Å²) >= 11 is 0. The molecule has 33 heavy (non-hydrogen) atoms. The number of ether oxygens (including phenoxy) is 2. The Bertz CT molecular complexity index is 1090. The van der Waals surface area contributed by atoms with E-state index < -0.39 is 5.60 Å². The number of likely N-dealkylation sites (N-methyl/N-ethyl adjacent to an activating group) is 1. The summed E-state index contributed by atoms with van der Waals surface area (Å²) in [5.74, 6) is 0.183. The fraction of sp³-hybridized carbons (Fsp3) is 0.269. The van der Waals surface area contributed by atoms with E-state index in [2.05, 4.69) is 10.3 Å². The van der Waals surface area contributed by atoms with E-state index >= 15 is 0 Å². The average Bonchev–Trinajstić information content (AvgIpc) is 2.88. The molecule has 1 saturated heterocycles. The van der Waals surface area contributed by atoms with Gasteiger partial charge in [0.15, 0.2) is 12.2 Å². The number of amides is 2. The van der Waals surface area contributed by atoms with Crippen molar-refractivity contribution in [2.75, 3.05) is 33.4 Å². The van der Waals surface area contributed by atoms with Crippen molar-refractivity contribution in [3.05, 3.63) is 84.7 Å². The molecule has 0 aliphatic carbocycles. The molecule has 170 valence electrons. The smallest absolute Gasteiger partial charge is 0.260 e. The van der Waals surface area contributed by atoms with E-state index in [1.165, 1.54) is 0 Å². The predicted octanol–water partition coefficient (Wildman–Crippen LogP) is 2.71. The molecule has 1 aliphatic heterocycles. The third-order valence-electron chi connectivity index (χ3n) is 5.75. The Morgan fingerprint density at radius 1 is 1.09 bits per heavy atom. The summed E-state index contributed by atoms with van der Waals surface area (Å²) in [5.41, 5.74) is 1.69. The van der Waals surface area contributed by atoms with Crippen molar-refractivity contribution < 1.29 is 19.1 Å². The number of para-hydroxylation sites is 1. The Kier molecular flexibility index (Phi) is 7.00. The van der Waals surface area contributed by atoms with Gasteiger partial charge in [-0.15, -0.1) is 0 Å². The standard InChI is InChI=1S/C26H27N3O4/c1-27-25(31)26(16-20-8-5-6-12-23(20)21-9-7-13-28-17-21)19-29(14-15-33-26)24(30)18-32-22-10-3-2-4-11-22/h2-13,17H,14-16,18-19H2,1H3,(H,27,31). The predicted molar refractivity (Wildman–Crippen MR) is 125 cm³/mol. The zero-order chi connectivity index (χ0) is 23.1. The molecule has 1 N–H and O–H groups in total. The minimum atomic E-state index is -1.20. The van der Waals surface area contributed by atoms with Crippen LogP contribution in [0.25, 0.3) is 11.1 Å². The van der Waals surface area contributed by atoms with Crippen LogP contribution < -0.4 is 10.1 Å². The highest BCUT2D eigenvalue weighted by Gasteiger charge is 2.45. The first kappa shape index (κ1) is 22.5. The van der Waals surface area contributed by atoms with E-state index in [1.54, 1.807) is 36.5 Å². The summed E-state index contributed by atoms with van der Waals surface area (Å²) in [5, 5.41) is 2.73. The zero-order valence-corrected chi connectivity index (χ0v) is 18.6. The summed E-state index contributed by atoms with van der Waals surface area (Å²) in [7, 11) is 1.58. The maximum absolute atomic E-state index is 13.1. The van der Waals surface area contributed by atoms with Crippen molar-refractivity contribution in [3.8, 4) is 16.9 Å². The molecule has 1 aromatic heterocycles. The lowest BCUT2D eigenvalue weighted by atomic mass is 9.87. The van der Waals surface area contributed by atoms with Crippen LogP contribution in [0.5, 0.6) is 5.75 Å². The second-order valence-electron chi connectivity index (χ2n) is 7.91. The van der Waals surface area contributed by atoms with Gasteiger partial charge < -0.3 is 19.7 Å². The molecule has 1 unspecified atom stereocenters. The van der Waals surface area contributed by atoms with Gasteiger partial charge in [-0.05, 0) is 29.3 Å². The number of nitrogens with one attached hydrogen (secondary N) is 1. The van der Waals surface area contributed by atoms with Crippen LogP contribution in [-0.4, -0.2) is 60.7 Å². The van der Waals surface area contributed by atoms with E-state index in [0.717, 1.165) is 16.7 Å². The van der Waals surface area contributed by atoms with E-state index in [-0.39, 0.29) is 31.6 Å². The van der Waals surface area contributed by atoms with Gasteiger partial charge in [-0.1, -0.05) is 48.5 Å². The minimum Gasteiger partial charge on any atom is -0.484 e. The first-order valence-corrected chi connectivity index (χ1v) is 10.9. The molecule has 0 radical (unpaired) electrons. The highest BCUT2D eigenvalue weighted by atomic mass is 16.5. The number of pyridine rings is 1. The van der Waals surface area contributed by atoms with E-state index in [9.17, 15) is 9.59 Å². The number of carbonyl (C=O) groups excluding carboxylic acids is 2. The normalized spacial score (nSPS) is 17.9. The summed E-state index contributed by atoms with van der Waals surface area (Å²) in [6, 6.07) is 20.9. The van der Waals surface area contributed by atoms with Crippen molar-refractivity contribution in [3.63, 3.8) is 0 Å². The van der Waals surface area contributed by atoms with Crippen LogP contribution in [0, 0.1) is 0 Å². The van der Waals surface area contributed by atoms with Gasteiger partial charge in [0.2, 0.25) is 0 Å². The molecule has 3 aromatic rings. The van der Waals surface area contributed by atoms with Crippen LogP contribution in [0.3, 0.4) is 0 Å². The largest absolute Gasteiger partial charge is 0.484 e. The van der Waals surface area contributed by atoms with Gasteiger partial charge in [-0.25, -0.2) is 0 Å². The summed E-state index contributed by atoms with van der Waals surface area (Å²) in [4.78, 5) is 31.9. The molecule has 7 nitrogen and oxygen atoms in total. The topological polar surface area (TPSA) is 80.8 Å². The van der Waals surface area contributed by atoms with Gasteiger partial charge in [-0.2, -0.15) is 0 Å². The molecule has 7 heteroatoms. The highest BCUT2D eigenvalue weighted by molar-refractivity contribution is 5.88. The first-order valence-electron chi connectivity index (χ1n) is 10.9. The third kappa shape index (κ3) is 5.21. The molecule has 2 aromatic carbocycles. The molecule has 2 amide bonds. The Balaban J connectivity index is 1.55. The van der Waals surface area contributed by atoms with Gasteiger partial charge in [0, 0.05) is 38.0 Å². The summed E-state index contributed by atoms with van der Waals surface area (Å²) in [6.45, 7) is 0.713. The number of rotatable bonds is 7. The lowest BCUT2D eigenvalue weighted by Crippen LogP contribution is -2.62. The van der Waals surface area contributed by atoms with Crippen molar-refractivity contribution in [1.82, 2.24) is 15.2 Å². The number of benzene rings is 2. The van der Waals surface area contributed by atoms with E-state index in [0.29, 0.717) is 18.7 Å². The van der Waals surface area contributed by atoms with E-state index in [1.807, 2.05) is 54.6 Å². The number of hydrogen-bond acceptors (Lipinski definition) is 5. The average molecular weight is 446 g/mol. The number of nitrogens with zero attached hydrogens (tertiary/aromatic N) is 2. The Hall–Kier alpha value is -3.71. The lowest BCUT2D eigenvalue weighted by Gasteiger charge is -2.41. The molecule has 1 fully saturated rings. The van der Waals surface area contributed by atoms with Crippen LogP contribution in [0.1, 0.15) is 5.56 Å². The molecular formula is C26H27N3O4. The molecule has 4 rings (SSSR count). The van der Waals surface area contributed by atoms with Crippen LogP contribution in [0.4, 0.5) is 0 Å². The highest BCUT2D eigenvalue weighted by Crippen LogP contribution is 2.30. The molecule has 0 bridgehead atoms.